The van der Waals surface area contributed by atoms with E-state index >= 15 is 0 Å². The molecule has 1 atom stereocenters. The van der Waals surface area contributed by atoms with Gasteiger partial charge in [-0.2, -0.15) is 0 Å². The van der Waals surface area contributed by atoms with Crippen LogP contribution in [0.1, 0.15) is 39.4 Å². The van der Waals surface area contributed by atoms with Crippen LogP contribution in [0.15, 0.2) is 60.7 Å². The normalized spacial score (nSPS) is 18.0. The Morgan fingerprint density at radius 2 is 1.57 bits per heavy atom. The second-order valence-corrected chi connectivity index (χ2v) is 13.1. The molecule has 8 nitrogen and oxygen atoms in total. The number of aromatic hydroxyl groups is 1. The summed E-state index contributed by atoms with van der Waals surface area (Å²) in [5.74, 6) is 4.18. The van der Waals surface area contributed by atoms with Crippen molar-refractivity contribution in [3.05, 3.63) is 94.0 Å². The Hall–Kier alpha value is -4.69. The third-order valence-corrected chi connectivity index (χ3v) is 9.97. The summed E-state index contributed by atoms with van der Waals surface area (Å²) in [7, 11) is 11.6. The van der Waals surface area contributed by atoms with E-state index in [2.05, 4.69) is 56.1 Å². The van der Waals surface area contributed by atoms with Crippen molar-refractivity contribution in [2.24, 2.45) is 0 Å². The highest BCUT2D eigenvalue weighted by Gasteiger charge is 2.39. The zero-order chi connectivity index (χ0) is 32.2. The van der Waals surface area contributed by atoms with E-state index in [0.717, 1.165) is 70.6 Å². The molecule has 5 heterocycles. The molecule has 4 aromatic rings. The van der Waals surface area contributed by atoms with Crippen LogP contribution < -0.4 is 23.7 Å². The van der Waals surface area contributed by atoms with Crippen molar-refractivity contribution in [3.63, 3.8) is 0 Å². The van der Waals surface area contributed by atoms with Gasteiger partial charge in [0.05, 0.1) is 48.4 Å². The molecule has 0 radical (unpaired) electrons. The molecule has 0 aromatic heterocycles. The first-order valence-corrected chi connectivity index (χ1v) is 15.8. The van der Waals surface area contributed by atoms with Crippen molar-refractivity contribution in [2.75, 3.05) is 55.6 Å². The van der Waals surface area contributed by atoms with Gasteiger partial charge in [0.2, 0.25) is 5.75 Å². The molecule has 9 rings (SSSR count). The van der Waals surface area contributed by atoms with Crippen LogP contribution in [0.5, 0.6) is 46.0 Å². The Morgan fingerprint density at radius 3 is 2.30 bits per heavy atom. The highest BCUT2D eigenvalue weighted by Crippen LogP contribution is 2.51. The van der Waals surface area contributed by atoms with Crippen molar-refractivity contribution in [1.82, 2.24) is 0 Å². The first-order valence-electron chi connectivity index (χ1n) is 15.8. The number of nitrogens with zero attached hydrogens (tertiary/aromatic N) is 2. The Kier molecular flexibility index (Phi) is 7.56. The lowest BCUT2D eigenvalue weighted by Gasteiger charge is -2.43. The van der Waals surface area contributed by atoms with Gasteiger partial charge in [-0.1, -0.05) is 18.2 Å². The minimum absolute atomic E-state index is 0.0486. The molecule has 0 saturated heterocycles. The predicted molar refractivity (Wildman–Crippen MR) is 177 cm³/mol. The fraction of sp³-hybridized carbons (Fsp3) is 0.342. The molecule has 0 unspecified atom stereocenters. The van der Waals surface area contributed by atoms with E-state index in [4.69, 9.17) is 23.7 Å². The SMILES string of the molecule is COc1ccc2cc1Oc1ccc(cc1)C[C@H]1c3cc(O)c(c(OC)c3CC[N+]1(C)C)Oc1cc3c(cc1OC)CC[N+](C)=C3C2. The Labute approximate surface area is 270 Å². The van der Waals surface area contributed by atoms with Crippen LogP contribution in [0.3, 0.4) is 0 Å². The number of phenols is 1. The average molecular weight is 623 g/mol. The van der Waals surface area contributed by atoms with Crippen LogP contribution >= 0.6 is 0 Å². The number of likely N-dealkylation sites (N-methyl/N-ethyl adjacent to an activating group) is 2. The second-order valence-electron chi connectivity index (χ2n) is 13.1. The Bertz CT molecular complexity index is 1860. The van der Waals surface area contributed by atoms with Crippen molar-refractivity contribution >= 4 is 5.71 Å². The van der Waals surface area contributed by atoms with Crippen LogP contribution in [-0.2, 0) is 25.7 Å². The van der Waals surface area contributed by atoms with E-state index in [9.17, 15) is 5.11 Å². The highest BCUT2D eigenvalue weighted by atomic mass is 16.5. The Balaban J connectivity index is 1.44. The molecule has 0 spiro atoms. The summed E-state index contributed by atoms with van der Waals surface area (Å²) >= 11 is 0. The smallest absolute Gasteiger partial charge is 0.211 e. The van der Waals surface area contributed by atoms with E-state index in [1.54, 1.807) is 21.3 Å². The summed E-state index contributed by atoms with van der Waals surface area (Å²) in [6.07, 6.45) is 3.14. The number of methoxy groups -OCH3 is 3. The molecule has 0 saturated carbocycles. The summed E-state index contributed by atoms with van der Waals surface area (Å²) < 4.78 is 33.7. The molecule has 0 aliphatic carbocycles. The Morgan fingerprint density at radius 1 is 0.826 bits per heavy atom. The zero-order valence-corrected chi connectivity index (χ0v) is 27.5. The molecule has 0 fully saturated rings. The molecule has 5 aliphatic rings. The van der Waals surface area contributed by atoms with Crippen LogP contribution in [0.2, 0.25) is 0 Å². The quantitative estimate of drug-likeness (QED) is 0.209. The van der Waals surface area contributed by atoms with Crippen LogP contribution in [0.25, 0.3) is 0 Å². The van der Waals surface area contributed by atoms with E-state index < -0.39 is 0 Å². The lowest BCUT2D eigenvalue weighted by atomic mass is 9.86. The highest BCUT2D eigenvalue weighted by molar-refractivity contribution is 6.01. The van der Waals surface area contributed by atoms with Crippen molar-refractivity contribution in [2.45, 2.75) is 31.7 Å². The molecular weight excluding hydrogens is 580 g/mol. The van der Waals surface area contributed by atoms with Crippen molar-refractivity contribution in [1.29, 1.82) is 0 Å². The zero-order valence-electron chi connectivity index (χ0n) is 27.5. The van der Waals surface area contributed by atoms with E-state index in [-0.39, 0.29) is 11.8 Å². The molecule has 0 amide bonds. The van der Waals surface area contributed by atoms with Gasteiger partial charge in [0, 0.05) is 36.0 Å². The maximum absolute atomic E-state index is 11.6. The first kappa shape index (κ1) is 30.0. The minimum Gasteiger partial charge on any atom is -0.504 e. The van der Waals surface area contributed by atoms with Gasteiger partial charge in [0.25, 0.3) is 0 Å². The van der Waals surface area contributed by atoms with Gasteiger partial charge in [-0.05, 0) is 59.2 Å². The van der Waals surface area contributed by atoms with Crippen LogP contribution in [0, 0.1) is 0 Å². The van der Waals surface area contributed by atoms with Gasteiger partial charge in [0.1, 0.15) is 25.4 Å². The van der Waals surface area contributed by atoms with Gasteiger partial charge in [0.15, 0.2) is 40.2 Å². The summed E-state index contributed by atoms with van der Waals surface area (Å²) in [6.45, 7) is 1.80. The van der Waals surface area contributed by atoms with E-state index in [1.165, 1.54) is 11.1 Å². The lowest BCUT2D eigenvalue weighted by molar-refractivity contribution is -0.923. The molecule has 1 N–H and O–H groups in total. The summed E-state index contributed by atoms with van der Waals surface area (Å²) in [5, 5.41) is 11.6. The van der Waals surface area contributed by atoms with Crippen LogP contribution in [0.4, 0.5) is 0 Å². The first-order chi connectivity index (χ1) is 22.2. The van der Waals surface area contributed by atoms with Gasteiger partial charge < -0.3 is 33.3 Å². The number of hydrogen-bond acceptors (Lipinski definition) is 6. The van der Waals surface area contributed by atoms with E-state index in [0.29, 0.717) is 40.9 Å². The summed E-state index contributed by atoms with van der Waals surface area (Å²) in [4.78, 5) is 0. The number of phenolic OH excluding ortho intramolecular Hbond substituents is 1. The van der Waals surface area contributed by atoms with Gasteiger partial charge >= 0.3 is 0 Å². The fourth-order valence-electron chi connectivity index (χ4n) is 7.28. The molecule has 8 heteroatoms. The molecule has 4 aromatic carbocycles. The number of rotatable bonds is 3. The number of hydrogen-bond donors (Lipinski definition) is 1. The summed E-state index contributed by atoms with van der Waals surface area (Å²) in [6, 6.07) is 20.5. The minimum atomic E-state index is 0.0486. The topological polar surface area (TPSA) is 69.4 Å². The van der Waals surface area contributed by atoms with Crippen molar-refractivity contribution < 1.29 is 37.8 Å². The average Bonchev–Trinajstić information content (AvgIpc) is 3.04. The monoisotopic (exact) mass is 622 g/mol. The number of fused-ring (bicyclic) bond motifs is 1. The third-order valence-electron chi connectivity index (χ3n) is 9.97. The molecular formula is C38H42N2O6+2. The van der Waals surface area contributed by atoms with Gasteiger partial charge in [-0.15, -0.1) is 0 Å². The maximum atomic E-state index is 11.6. The second kappa shape index (κ2) is 11.6. The molecule has 5 aliphatic heterocycles. The molecule has 10 bridgehead atoms. The van der Waals surface area contributed by atoms with Gasteiger partial charge in [-0.25, -0.2) is 4.58 Å². The predicted octanol–water partition coefficient (Wildman–Crippen LogP) is 6.46. The summed E-state index contributed by atoms with van der Waals surface area (Å²) in [5.41, 5.74) is 7.86. The number of ether oxygens (including phenoxy) is 5. The number of benzene rings is 4. The lowest BCUT2D eigenvalue weighted by Crippen LogP contribution is -2.48. The fourth-order valence-corrected chi connectivity index (χ4v) is 7.28. The molecule has 238 valence electrons. The number of quaternary nitrogens is 1. The largest absolute Gasteiger partial charge is 0.504 e. The van der Waals surface area contributed by atoms with Crippen molar-refractivity contribution in [3.8, 4) is 46.0 Å². The van der Waals surface area contributed by atoms with E-state index in [1.807, 2.05) is 30.3 Å². The third kappa shape index (κ3) is 5.20. The molecule has 46 heavy (non-hydrogen) atoms. The standard InChI is InChI=1S/C38H41N2O6/c1-39-15-13-25-20-34(43-5)36-22-28(25)30(39)17-24-9-12-33(42-4)35(19-24)45-26-10-7-23(8-11-26)18-31-29-21-32(41)38(46-36)37(44-6)27(29)14-16-40(31,2)3/h7-12,19-22,31H,13-18H2,1-6H3/q+1/p+1/t31-/m0/s1. The van der Waals surface area contributed by atoms with Gasteiger partial charge in [-0.3, -0.25) is 0 Å². The maximum Gasteiger partial charge on any atom is 0.211 e. The van der Waals surface area contributed by atoms with Crippen LogP contribution in [-0.4, -0.2) is 75.4 Å².